The third kappa shape index (κ3) is 3.47. The molecule has 0 spiro atoms. The van der Waals surface area contributed by atoms with Crippen LogP contribution < -0.4 is 10.2 Å². The second kappa shape index (κ2) is 6.50. The quantitative estimate of drug-likeness (QED) is 0.656. The number of nitrogens with zero attached hydrogens (tertiary/aromatic N) is 4. The Bertz CT molecular complexity index is 561. The molecule has 112 valence electrons. The van der Waals surface area contributed by atoms with Crippen molar-refractivity contribution in [3.8, 4) is 6.07 Å². The van der Waals surface area contributed by atoms with Gasteiger partial charge in [-0.05, 0) is 33.2 Å². The molecule has 2 heterocycles. The van der Waals surface area contributed by atoms with Crippen molar-refractivity contribution in [2.75, 3.05) is 18.0 Å². The van der Waals surface area contributed by atoms with Crippen LogP contribution in [-0.4, -0.2) is 35.1 Å². The van der Waals surface area contributed by atoms with Crippen molar-refractivity contribution >= 4 is 11.5 Å². The summed E-state index contributed by atoms with van der Waals surface area (Å²) in [5, 5.41) is 23.5. The summed E-state index contributed by atoms with van der Waals surface area (Å²) < 4.78 is 0. The summed E-state index contributed by atoms with van der Waals surface area (Å²) in [6.07, 6.45) is 3.58. The first-order valence-corrected chi connectivity index (χ1v) is 7.07. The molecule has 1 unspecified atom stereocenters. The Morgan fingerprint density at radius 3 is 2.95 bits per heavy atom. The fraction of sp³-hybridized carbons (Fsp3) is 0.571. The summed E-state index contributed by atoms with van der Waals surface area (Å²) in [5.74, 6) is 0.336. The third-order valence-corrected chi connectivity index (χ3v) is 3.65. The topological polar surface area (TPSA) is 95.1 Å². The summed E-state index contributed by atoms with van der Waals surface area (Å²) in [6.45, 7) is 5.63. The minimum absolute atomic E-state index is 0.0894. The summed E-state index contributed by atoms with van der Waals surface area (Å²) in [7, 11) is 0. The molecule has 0 saturated carbocycles. The lowest BCUT2D eigenvalue weighted by Crippen LogP contribution is -2.42. The zero-order valence-electron chi connectivity index (χ0n) is 12.2. The lowest BCUT2D eigenvalue weighted by Gasteiger charge is -2.30. The normalized spacial score (nSPS) is 17.7. The zero-order valence-corrected chi connectivity index (χ0v) is 12.2. The van der Waals surface area contributed by atoms with Crippen LogP contribution in [0.3, 0.4) is 0 Å². The number of pyridine rings is 1. The van der Waals surface area contributed by atoms with Gasteiger partial charge in [-0.15, -0.1) is 0 Å². The molecule has 0 bridgehead atoms. The molecule has 0 aromatic carbocycles. The monoisotopic (exact) mass is 289 g/mol. The molecule has 0 aliphatic carbocycles. The van der Waals surface area contributed by atoms with E-state index in [1.165, 1.54) is 12.3 Å². The van der Waals surface area contributed by atoms with Gasteiger partial charge >= 0.3 is 5.69 Å². The number of nitriles is 1. The van der Waals surface area contributed by atoms with Gasteiger partial charge in [0.1, 0.15) is 6.07 Å². The van der Waals surface area contributed by atoms with Crippen LogP contribution in [0, 0.1) is 21.4 Å². The second-order valence-electron chi connectivity index (χ2n) is 5.48. The average Bonchev–Trinajstić information content (AvgIpc) is 2.97. The first-order chi connectivity index (χ1) is 10.0. The van der Waals surface area contributed by atoms with Crippen LogP contribution in [0.15, 0.2) is 12.3 Å². The molecule has 1 aliphatic rings. The van der Waals surface area contributed by atoms with Crippen LogP contribution >= 0.6 is 0 Å². The summed E-state index contributed by atoms with van der Waals surface area (Å²) in [6, 6.07) is 3.60. The van der Waals surface area contributed by atoms with Gasteiger partial charge in [-0.3, -0.25) is 10.1 Å². The van der Waals surface area contributed by atoms with Crippen LogP contribution in [0.1, 0.15) is 32.3 Å². The SMILES string of the molecule is CC(C)N(CC1CCCN1)c1ncc(C#N)cc1[N+](=O)[O-]. The molecular weight excluding hydrogens is 270 g/mol. The Morgan fingerprint density at radius 2 is 2.43 bits per heavy atom. The molecule has 1 aromatic heterocycles. The number of rotatable bonds is 5. The molecule has 1 fully saturated rings. The van der Waals surface area contributed by atoms with Gasteiger partial charge in [0.05, 0.1) is 10.5 Å². The third-order valence-electron chi connectivity index (χ3n) is 3.65. The molecule has 1 aromatic rings. The van der Waals surface area contributed by atoms with Crippen LogP contribution in [0.25, 0.3) is 0 Å². The highest BCUT2D eigenvalue weighted by atomic mass is 16.6. The first-order valence-electron chi connectivity index (χ1n) is 7.07. The van der Waals surface area contributed by atoms with Crippen molar-refractivity contribution < 1.29 is 4.92 Å². The maximum absolute atomic E-state index is 11.3. The van der Waals surface area contributed by atoms with Gasteiger partial charge < -0.3 is 10.2 Å². The van der Waals surface area contributed by atoms with Crippen LogP contribution in [0.5, 0.6) is 0 Å². The Hall–Kier alpha value is -2.20. The number of anilines is 1. The van der Waals surface area contributed by atoms with E-state index in [1.54, 1.807) is 0 Å². The highest BCUT2D eigenvalue weighted by Gasteiger charge is 2.27. The van der Waals surface area contributed by atoms with Gasteiger partial charge in [0.25, 0.3) is 0 Å². The highest BCUT2D eigenvalue weighted by Crippen LogP contribution is 2.28. The minimum atomic E-state index is -0.472. The fourth-order valence-corrected chi connectivity index (χ4v) is 2.55. The Labute approximate surface area is 123 Å². The van der Waals surface area contributed by atoms with Gasteiger partial charge in [0, 0.05) is 30.9 Å². The minimum Gasteiger partial charge on any atom is -0.347 e. The second-order valence-corrected chi connectivity index (χ2v) is 5.48. The molecule has 0 radical (unpaired) electrons. The van der Waals surface area contributed by atoms with Gasteiger partial charge in [0.15, 0.2) is 0 Å². The molecule has 1 saturated heterocycles. The predicted molar refractivity (Wildman–Crippen MR) is 79.1 cm³/mol. The summed E-state index contributed by atoms with van der Waals surface area (Å²) >= 11 is 0. The molecule has 1 N–H and O–H groups in total. The van der Waals surface area contributed by atoms with Crippen LogP contribution in [0.2, 0.25) is 0 Å². The highest BCUT2D eigenvalue weighted by molar-refractivity contribution is 5.60. The van der Waals surface area contributed by atoms with Crippen molar-refractivity contribution in [2.24, 2.45) is 0 Å². The maximum atomic E-state index is 11.3. The summed E-state index contributed by atoms with van der Waals surface area (Å²) in [4.78, 5) is 16.9. The van der Waals surface area contributed by atoms with E-state index in [2.05, 4.69) is 10.3 Å². The molecular formula is C14H19N5O2. The molecule has 1 aliphatic heterocycles. The number of nitro groups is 1. The molecule has 21 heavy (non-hydrogen) atoms. The van der Waals surface area contributed by atoms with Crippen LogP contribution in [0.4, 0.5) is 11.5 Å². The maximum Gasteiger partial charge on any atom is 0.312 e. The molecule has 1 atom stereocenters. The van der Waals surface area contributed by atoms with Gasteiger partial charge in [-0.2, -0.15) is 5.26 Å². The van der Waals surface area contributed by atoms with Crippen molar-refractivity contribution in [2.45, 2.75) is 38.8 Å². The molecule has 7 heteroatoms. The molecule has 2 rings (SSSR count). The average molecular weight is 289 g/mol. The van der Waals surface area contributed by atoms with E-state index in [0.717, 1.165) is 19.4 Å². The first kappa shape index (κ1) is 15.2. The van der Waals surface area contributed by atoms with Crippen molar-refractivity contribution in [1.82, 2.24) is 10.3 Å². The van der Waals surface area contributed by atoms with E-state index in [4.69, 9.17) is 5.26 Å². The van der Waals surface area contributed by atoms with Crippen molar-refractivity contribution in [3.05, 3.63) is 27.9 Å². The lowest BCUT2D eigenvalue weighted by atomic mass is 10.1. The number of hydrogen-bond acceptors (Lipinski definition) is 6. The van der Waals surface area contributed by atoms with Crippen molar-refractivity contribution in [3.63, 3.8) is 0 Å². The van der Waals surface area contributed by atoms with E-state index in [1.807, 2.05) is 24.8 Å². The Balaban J connectivity index is 2.34. The van der Waals surface area contributed by atoms with E-state index >= 15 is 0 Å². The fourth-order valence-electron chi connectivity index (χ4n) is 2.55. The van der Waals surface area contributed by atoms with E-state index in [0.29, 0.717) is 18.4 Å². The smallest absolute Gasteiger partial charge is 0.312 e. The lowest BCUT2D eigenvalue weighted by molar-refractivity contribution is -0.384. The van der Waals surface area contributed by atoms with Gasteiger partial charge in [0.2, 0.25) is 5.82 Å². The van der Waals surface area contributed by atoms with E-state index in [9.17, 15) is 10.1 Å². The van der Waals surface area contributed by atoms with Gasteiger partial charge in [-0.1, -0.05) is 0 Å². The van der Waals surface area contributed by atoms with Gasteiger partial charge in [-0.25, -0.2) is 4.98 Å². The number of aromatic nitrogens is 1. The largest absolute Gasteiger partial charge is 0.347 e. The number of nitrogens with one attached hydrogen (secondary N) is 1. The van der Waals surface area contributed by atoms with E-state index in [-0.39, 0.29) is 17.3 Å². The number of hydrogen-bond donors (Lipinski definition) is 1. The molecule has 7 nitrogen and oxygen atoms in total. The van der Waals surface area contributed by atoms with Crippen LogP contribution in [-0.2, 0) is 0 Å². The standard InChI is InChI=1S/C14H19N5O2/c1-10(2)18(9-12-4-3-5-16-12)14-13(19(20)21)6-11(7-15)8-17-14/h6,8,10,12,16H,3-5,9H2,1-2H3. The molecule has 0 amide bonds. The Morgan fingerprint density at radius 1 is 1.67 bits per heavy atom. The summed E-state index contributed by atoms with van der Waals surface area (Å²) in [5.41, 5.74) is 0.0916. The Kier molecular flexibility index (Phi) is 4.70. The van der Waals surface area contributed by atoms with E-state index < -0.39 is 4.92 Å². The van der Waals surface area contributed by atoms with Crippen molar-refractivity contribution in [1.29, 1.82) is 5.26 Å². The zero-order chi connectivity index (χ0) is 15.4. The predicted octanol–water partition coefficient (Wildman–Crippen LogP) is 1.83.